The lowest BCUT2D eigenvalue weighted by Gasteiger charge is -2.39. The third kappa shape index (κ3) is 2.98. The van der Waals surface area contributed by atoms with Crippen LogP contribution in [0.3, 0.4) is 0 Å². The molecule has 2 heteroatoms. The smallest absolute Gasteiger partial charge is 0.142 e. The molecule has 1 saturated carbocycles. The Morgan fingerprint density at radius 2 is 2.00 bits per heavy atom. The highest BCUT2D eigenvalue weighted by Gasteiger charge is 2.33. The molecule has 2 rings (SSSR count). The summed E-state index contributed by atoms with van der Waals surface area (Å²) in [7, 11) is 0. The monoisotopic (exact) mass is 247 g/mol. The van der Waals surface area contributed by atoms with E-state index in [4.69, 9.17) is 10.5 Å². The highest BCUT2D eigenvalue weighted by atomic mass is 16.5. The largest absolute Gasteiger partial charge is 0.488 e. The number of hydrogen-bond donors (Lipinski definition) is 1. The van der Waals surface area contributed by atoms with Crippen molar-refractivity contribution in [1.82, 2.24) is 0 Å². The summed E-state index contributed by atoms with van der Waals surface area (Å²) in [6, 6.07) is 6.02. The molecular weight excluding hydrogens is 222 g/mol. The van der Waals surface area contributed by atoms with Crippen molar-refractivity contribution in [1.29, 1.82) is 0 Å². The Morgan fingerprint density at radius 1 is 1.28 bits per heavy atom. The lowest BCUT2D eigenvalue weighted by molar-refractivity contribution is 0.0567. The molecule has 18 heavy (non-hydrogen) atoms. The molecule has 1 aliphatic rings. The molecule has 0 amide bonds. The number of anilines is 1. The lowest BCUT2D eigenvalue weighted by Crippen LogP contribution is -2.34. The summed E-state index contributed by atoms with van der Waals surface area (Å²) in [4.78, 5) is 0. The van der Waals surface area contributed by atoms with E-state index in [9.17, 15) is 0 Å². The quantitative estimate of drug-likeness (QED) is 0.796. The van der Waals surface area contributed by atoms with Crippen molar-refractivity contribution in [3.8, 4) is 5.75 Å². The average Bonchev–Trinajstić information content (AvgIpc) is 2.22. The normalized spacial score (nSPS) is 26.9. The maximum Gasteiger partial charge on any atom is 0.142 e. The van der Waals surface area contributed by atoms with E-state index in [0.29, 0.717) is 11.5 Å². The van der Waals surface area contributed by atoms with Gasteiger partial charge in [-0.05, 0) is 49.1 Å². The van der Waals surface area contributed by atoms with Crippen molar-refractivity contribution in [3.05, 3.63) is 23.8 Å². The number of hydrogen-bond acceptors (Lipinski definition) is 2. The molecule has 0 saturated heterocycles. The van der Waals surface area contributed by atoms with Gasteiger partial charge in [-0.25, -0.2) is 0 Å². The average molecular weight is 247 g/mol. The summed E-state index contributed by atoms with van der Waals surface area (Å²) < 4.78 is 6.15. The second-order valence-electron chi connectivity index (χ2n) is 6.64. The molecule has 1 aromatic carbocycles. The van der Waals surface area contributed by atoms with E-state index in [1.54, 1.807) is 0 Å². The first-order chi connectivity index (χ1) is 8.37. The number of para-hydroxylation sites is 1. The molecule has 0 radical (unpaired) electrons. The van der Waals surface area contributed by atoms with Gasteiger partial charge in [0.05, 0.1) is 11.8 Å². The van der Waals surface area contributed by atoms with Gasteiger partial charge in [0.15, 0.2) is 0 Å². The molecule has 0 aliphatic heterocycles. The van der Waals surface area contributed by atoms with Crippen LogP contribution < -0.4 is 10.5 Å². The molecular formula is C16H25NO. The van der Waals surface area contributed by atoms with Gasteiger partial charge in [-0.2, -0.15) is 0 Å². The van der Waals surface area contributed by atoms with Gasteiger partial charge in [-0.15, -0.1) is 0 Å². The van der Waals surface area contributed by atoms with E-state index in [1.165, 1.54) is 6.42 Å². The zero-order chi connectivity index (χ0) is 13.3. The minimum absolute atomic E-state index is 0.299. The first-order valence-corrected chi connectivity index (χ1v) is 6.89. The number of rotatable bonds is 2. The van der Waals surface area contributed by atoms with Crippen LogP contribution in [0.4, 0.5) is 5.69 Å². The van der Waals surface area contributed by atoms with Crippen LogP contribution in [-0.2, 0) is 0 Å². The van der Waals surface area contributed by atoms with Crippen molar-refractivity contribution in [2.24, 2.45) is 11.3 Å². The standard InChI is InChI=1S/C16H25NO/c1-11-8-13(10-16(3,4)9-11)18-14-7-5-6-12(2)15(14)17/h5-7,11,13H,8-10,17H2,1-4H3. The molecule has 2 N–H and O–H groups in total. The van der Waals surface area contributed by atoms with Crippen molar-refractivity contribution in [3.63, 3.8) is 0 Å². The van der Waals surface area contributed by atoms with Crippen LogP contribution in [0.2, 0.25) is 0 Å². The minimum Gasteiger partial charge on any atom is -0.488 e. The number of benzene rings is 1. The van der Waals surface area contributed by atoms with E-state index in [2.05, 4.69) is 20.8 Å². The lowest BCUT2D eigenvalue weighted by atomic mass is 9.71. The van der Waals surface area contributed by atoms with Crippen LogP contribution in [0, 0.1) is 18.3 Å². The highest BCUT2D eigenvalue weighted by Crippen LogP contribution is 2.40. The van der Waals surface area contributed by atoms with Gasteiger partial charge in [0.2, 0.25) is 0 Å². The van der Waals surface area contributed by atoms with E-state index < -0.39 is 0 Å². The van der Waals surface area contributed by atoms with Crippen LogP contribution in [0.5, 0.6) is 5.75 Å². The molecule has 2 unspecified atom stereocenters. The zero-order valence-electron chi connectivity index (χ0n) is 12.0. The maximum atomic E-state index is 6.15. The number of nitrogens with two attached hydrogens (primary N) is 1. The molecule has 0 aromatic heterocycles. The molecule has 0 spiro atoms. The summed E-state index contributed by atoms with van der Waals surface area (Å²) in [6.45, 7) is 9.00. The molecule has 2 atom stereocenters. The summed E-state index contributed by atoms with van der Waals surface area (Å²) >= 11 is 0. The fraction of sp³-hybridized carbons (Fsp3) is 0.625. The third-order valence-electron chi connectivity index (χ3n) is 3.92. The SMILES string of the molecule is Cc1cccc(OC2CC(C)CC(C)(C)C2)c1N. The van der Waals surface area contributed by atoms with Crippen molar-refractivity contribution < 1.29 is 4.74 Å². The van der Waals surface area contributed by atoms with E-state index in [-0.39, 0.29) is 0 Å². The van der Waals surface area contributed by atoms with Crippen molar-refractivity contribution in [2.45, 2.75) is 53.1 Å². The summed E-state index contributed by atoms with van der Waals surface area (Å²) in [5, 5.41) is 0. The Kier molecular flexibility index (Phi) is 3.56. The molecule has 2 nitrogen and oxygen atoms in total. The van der Waals surface area contributed by atoms with Crippen LogP contribution >= 0.6 is 0 Å². The Bertz CT molecular complexity index is 425. The molecule has 1 aliphatic carbocycles. The fourth-order valence-corrected chi connectivity index (χ4v) is 3.28. The van der Waals surface area contributed by atoms with Gasteiger partial charge < -0.3 is 10.5 Å². The van der Waals surface area contributed by atoms with Gasteiger partial charge >= 0.3 is 0 Å². The highest BCUT2D eigenvalue weighted by molar-refractivity contribution is 5.57. The van der Waals surface area contributed by atoms with Gasteiger partial charge in [-0.1, -0.05) is 32.9 Å². The van der Waals surface area contributed by atoms with Gasteiger partial charge in [0.1, 0.15) is 5.75 Å². The van der Waals surface area contributed by atoms with Crippen molar-refractivity contribution in [2.75, 3.05) is 5.73 Å². The third-order valence-corrected chi connectivity index (χ3v) is 3.92. The predicted molar refractivity (Wildman–Crippen MR) is 76.8 cm³/mol. The topological polar surface area (TPSA) is 35.2 Å². The first-order valence-electron chi connectivity index (χ1n) is 6.89. The molecule has 1 fully saturated rings. The first kappa shape index (κ1) is 13.3. The number of ether oxygens (including phenoxy) is 1. The fourth-order valence-electron chi connectivity index (χ4n) is 3.28. The number of nitrogen functional groups attached to an aromatic ring is 1. The predicted octanol–water partition coefficient (Wildman–Crippen LogP) is 4.17. The van der Waals surface area contributed by atoms with E-state index in [1.807, 2.05) is 25.1 Å². The Morgan fingerprint density at radius 3 is 2.67 bits per heavy atom. The van der Waals surface area contributed by atoms with Crippen LogP contribution in [0.15, 0.2) is 18.2 Å². The Labute approximate surface area is 111 Å². The maximum absolute atomic E-state index is 6.15. The zero-order valence-corrected chi connectivity index (χ0v) is 12.0. The second-order valence-corrected chi connectivity index (χ2v) is 6.64. The van der Waals surface area contributed by atoms with Crippen molar-refractivity contribution >= 4 is 5.69 Å². The molecule has 100 valence electrons. The van der Waals surface area contributed by atoms with E-state index in [0.717, 1.165) is 35.8 Å². The summed E-state index contributed by atoms with van der Waals surface area (Å²) in [5.74, 6) is 1.58. The van der Waals surface area contributed by atoms with Gasteiger partial charge in [0.25, 0.3) is 0 Å². The van der Waals surface area contributed by atoms with Crippen LogP contribution in [0.1, 0.15) is 45.6 Å². The molecule has 0 bridgehead atoms. The van der Waals surface area contributed by atoms with Crippen LogP contribution in [-0.4, -0.2) is 6.10 Å². The second kappa shape index (κ2) is 4.83. The molecule has 0 heterocycles. The summed E-state index contributed by atoms with van der Waals surface area (Å²) in [5.41, 5.74) is 8.33. The van der Waals surface area contributed by atoms with Gasteiger partial charge in [0, 0.05) is 0 Å². The summed E-state index contributed by atoms with van der Waals surface area (Å²) in [6.07, 6.45) is 3.84. The van der Waals surface area contributed by atoms with E-state index >= 15 is 0 Å². The number of aryl methyl sites for hydroxylation is 1. The Balaban J connectivity index is 2.11. The Hall–Kier alpha value is -1.18. The van der Waals surface area contributed by atoms with Gasteiger partial charge in [-0.3, -0.25) is 0 Å². The van der Waals surface area contributed by atoms with Crippen LogP contribution in [0.25, 0.3) is 0 Å². The minimum atomic E-state index is 0.299. The molecule has 1 aromatic rings.